The van der Waals surface area contributed by atoms with Gasteiger partial charge >= 0.3 is 0 Å². The lowest BCUT2D eigenvalue weighted by molar-refractivity contribution is 0.100. The lowest BCUT2D eigenvalue weighted by Crippen LogP contribution is -2.25. The molecule has 2 aromatic carbocycles. The molecule has 0 bridgehead atoms. The molecule has 1 aromatic heterocycles. The number of aromatic nitrogens is 2. The van der Waals surface area contributed by atoms with Crippen LogP contribution < -0.4 is 16.4 Å². The number of amides is 1. The number of benzene rings is 2. The summed E-state index contributed by atoms with van der Waals surface area (Å²) < 4.78 is 13.9. The Hall–Kier alpha value is -2.77. The molecule has 4 N–H and O–H groups in total. The molecule has 0 spiro atoms. The minimum absolute atomic E-state index is 0.0539. The number of halogens is 2. The van der Waals surface area contributed by atoms with Gasteiger partial charge in [0.15, 0.2) is 0 Å². The van der Waals surface area contributed by atoms with E-state index in [1.807, 2.05) is 0 Å². The van der Waals surface area contributed by atoms with Crippen molar-refractivity contribution in [1.82, 2.24) is 15.3 Å². The number of nitrogens with two attached hydrogens (primary N) is 1. The third-order valence-electron chi connectivity index (χ3n) is 4.18. The van der Waals surface area contributed by atoms with E-state index in [4.69, 9.17) is 17.3 Å². The van der Waals surface area contributed by atoms with Crippen LogP contribution in [0, 0.1) is 12.7 Å². The maximum absolute atomic E-state index is 13.9. The van der Waals surface area contributed by atoms with Gasteiger partial charge in [0.05, 0.1) is 22.1 Å². The number of rotatable bonds is 6. The fraction of sp³-hybridized carbons (Fsp3) is 0.211. The van der Waals surface area contributed by atoms with Crippen LogP contribution in [0.2, 0.25) is 5.02 Å². The zero-order valence-electron chi connectivity index (χ0n) is 14.9. The van der Waals surface area contributed by atoms with Gasteiger partial charge in [-0.1, -0.05) is 29.8 Å². The van der Waals surface area contributed by atoms with E-state index in [-0.39, 0.29) is 11.1 Å². The number of anilines is 1. The van der Waals surface area contributed by atoms with E-state index in [9.17, 15) is 9.18 Å². The zero-order valence-corrected chi connectivity index (χ0v) is 15.6. The summed E-state index contributed by atoms with van der Waals surface area (Å²) in [4.78, 5) is 20.6. The second-order valence-corrected chi connectivity index (χ2v) is 6.46. The molecule has 0 aliphatic heterocycles. The Morgan fingerprint density at radius 1 is 1.26 bits per heavy atom. The highest BCUT2D eigenvalue weighted by Crippen LogP contribution is 2.30. The molecule has 0 saturated carbocycles. The number of primary amides is 1. The third-order valence-corrected chi connectivity index (χ3v) is 4.58. The largest absolute Gasteiger partial charge is 0.366 e. The number of carbonyl (C=O) groups excluding carboxylic acids is 1. The minimum Gasteiger partial charge on any atom is -0.366 e. The van der Waals surface area contributed by atoms with Gasteiger partial charge in [0, 0.05) is 11.9 Å². The number of carbonyl (C=O) groups is 1. The number of nitrogens with one attached hydrogen (secondary N) is 2. The van der Waals surface area contributed by atoms with Crippen LogP contribution in [0.25, 0.3) is 10.9 Å². The fourth-order valence-corrected chi connectivity index (χ4v) is 3.23. The van der Waals surface area contributed by atoms with Gasteiger partial charge < -0.3 is 16.4 Å². The van der Waals surface area contributed by atoms with Crippen LogP contribution in [-0.2, 0) is 0 Å². The molecule has 140 valence electrons. The van der Waals surface area contributed by atoms with Crippen molar-refractivity contribution >= 4 is 34.2 Å². The maximum Gasteiger partial charge on any atom is 0.250 e. The van der Waals surface area contributed by atoms with Crippen molar-refractivity contribution < 1.29 is 9.18 Å². The van der Waals surface area contributed by atoms with E-state index in [1.54, 1.807) is 44.3 Å². The predicted octanol–water partition coefficient (Wildman–Crippen LogP) is 3.20. The SMILES string of the molecule is CNC[C@@H](Nc1nc(C)nc2c(C(N)=O)cccc12)c1cccc(F)c1Cl. The van der Waals surface area contributed by atoms with Gasteiger partial charge in [-0.05, 0) is 37.7 Å². The summed E-state index contributed by atoms with van der Waals surface area (Å²) >= 11 is 6.17. The van der Waals surface area contributed by atoms with Crippen LogP contribution in [-0.4, -0.2) is 29.5 Å². The standard InChI is InChI=1S/C19H19ClFN5O/c1-10-24-17-12(18(22)27)6-3-7-13(17)19(25-10)26-15(9-23-2)11-5-4-8-14(21)16(11)20/h3-8,15,23H,9H2,1-2H3,(H2,22,27)(H,24,25,26)/t15-/m1/s1. The molecule has 3 aromatic rings. The van der Waals surface area contributed by atoms with Crippen LogP contribution in [0.15, 0.2) is 36.4 Å². The van der Waals surface area contributed by atoms with Gasteiger partial charge in [-0.25, -0.2) is 14.4 Å². The van der Waals surface area contributed by atoms with E-state index in [2.05, 4.69) is 20.6 Å². The van der Waals surface area contributed by atoms with E-state index < -0.39 is 11.7 Å². The summed E-state index contributed by atoms with van der Waals surface area (Å²) in [5.74, 6) is -0.0603. The first-order valence-corrected chi connectivity index (χ1v) is 8.72. The Balaban J connectivity index is 2.12. The molecule has 0 aliphatic carbocycles. The monoisotopic (exact) mass is 387 g/mol. The Bertz CT molecular complexity index is 1010. The topological polar surface area (TPSA) is 92.9 Å². The lowest BCUT2D eigenvalue weighted by atomic mass is 10.1. The predicted molar refractivity (Wildman–Crippen MR) is 104 cm³/mol. The van der Waals surface area contributed by atoms with E-state index in [1.165, 1.54) is 6.07 Å². The van der Waals surface area contributed by atoms with Gasteiger partial charge in [0.25, 0.3) is 5.91 Å². The van der Waals surface area contributed by atoms with Gasteiger partial charge in [-0.3, -0.25) is 4.79 Å². The van der Waals surface area contributed by atoms with Gasteiger partial charge in [0.1, 0.15) is 17.5 Å². The Kier molecular flexibility index (Phi) is 5.53. The molecule has 8 heteroatoms. The second kappa shape index (κ2) is 7.85. The summed E-state index contributed by atoms with van der Waals surface area (Å²) in [7, 11) is 1.79. The number of nitrogens with zero attached hydrogens (tertiary/aromatic N) is 2. The molecule has 1 amide bonds. The van der Waals surface area contributed by atoms with Crippen LogP contribution in [0.4, 0.5) is 10.2 Å². The number of aryl methyl sites for hydroxylation is 1. The first-order chi connectivity index (χ1) is 12.9. The quantitative estimate of drug-likeness (QED) is 0.604. The first kappa shape index (κ1) is 19.0. The van der Waals surface area contributed by atoms with Gasteiger partial charge in [-0.2, -0.15) is 0 Å². The molecule has 0 unspecified atom stereocenters. The van der Waals surface area contributed by atoms with Crippen molar-refractivity contribution in [2.24, 2.45) is 5.73 Å². The Morgan fingerprint density at radius 3 is 2.70 bits per heavy atom. The molecule has 0 fully saturated rings. The molecule has 6 nitrogen and oxygen atoms in total. The fourth-order valence-electron chi connectivity index (χ4n) is 2.97. The number of hydrogen-bond acceptors (Lipinski definition) is 5. The molecule has 0 radical (unpaired) electrons. The van der Waals surface area contributed by atoms with Crippen molar-refractivity contribution in [3.8, 4) is 0 Å². The molecule has 3 rings (SSSR count). The molecule has 1 atom stereocenters. The molecule has 0 aliphatic rings. The summed E-state index contributed by atoms with van der Waals surface area (Å²) in [5, 5.41) is 7.06. The maximum atomic E-state index is 13.9. The third kappa shape index (κ3) is 3.84. The summed E-state index contributed by atoms with van der Waals surface area (Å²) in [6.07, 6.45) is 0. The summed E-state index contributed by atoms with van der Waals surface area (Å²) in [6.45, 7) is 2.20. The average Bonchev–Trinajstić information content (AvgIpc) is 2.63. The highest BCUT2D eigenvalue weighted by Gasteiger charge is 2.19. The second-order valence-electron chi connectivity index (χ2n) is 6.08. The highest BCUT2D eigenvalue weighted by atomic mass is 35.5. The van der Waals surface area contributed by atoms with Crippen molar-refractivity contribution in [2.45, 2.75) is 13.0 Å². The smallest absolute Gasteiger partial charge is 0.250 e. The summed E-state index contributed by atoms with van der Waals surface area (Å²) in [5.41, 5.74) is 6.85. The number of para-hydroxylation sites is 1. The molecule has 0 saturated heterocycles. The Labute approximate surface area is 161 Å². The molecule has 27 heavy (non-hydrogen) atoms. The molecular weight excluding hydrogens is 369 g/mol. The van der Waals surface area contributed by atoms with E-state index in [0.717, 1.165) is 0 Å². The van der Waals surface area contributed by atoms with Crippen LogP contribution in [0.3, 0.4) is 0 Å². The van der Waals surface area contributed by atoms with Crippen molar-refractivity contribution in [1.29, 1.82) is 0 Å². The first-order valence-electron chi connectivity index (χ1n) is 8.34. The van der Waals surface area contributed by atoms with E-state index >= 15 is 0 Å². The van der Waals surface area contributed by atoms with E-state index in [0.29, 0.717) is 40.2 Å². The number of fused-ring (bicyclic) bond motifs is 1. The average molecular weight is 388 g/mol. The number of hydrogen-bond donors (Lipinski definition) is 3. The summed E-state index contributed by atoms with van der Waals surface area (Å²) in [6, 6.07) is 9.46. The zero-order chi connectivity index (χ0) is 19.6. The van der Waals surface area contributed by atoms with Crippen molar-refractivity contribution in [3.05, 3.63) is 64.2 Å². The van der Waals surface area contributed by atoms with Crippen LogP contribution >= 0.6 is 11.6 Å². The molecule has 1 heterocycles. The van der Waals surface area contributed by atoms with Gasteiger partial charge in [-0.15, -0.1) is 0 Å². The normalized spacial score (nSPS) is 12.1. The van der Waals surface area contributed by atoms with Gasteiger partial charge in [0.2, 0.25) is 0 Å². The van der Waals surface area contributed by atoms with Crippen LogP contribution in [0.1, 0.15) is 27.8 Å². The molecular formula is C19H19ClFN5O. The minimum atomic E-state index is -0.565. The van der Waals surface area contributed by atoms with Crippen LogP contribution in [0.5, 0.6) is 0 Å². The highest BCUT2D eigenvalue weighted by molar-refractivity contribution is 6.31. The number of likely N-dealkylation sites (N-methyl/N-ethyl adjacent to an activating group) is 1. The lowest BCUT2D eigenvalue weighted by Gasteiger charge is -2.22. The van der Waals surface area contributed by atoms with Crippen molar-refractivity contribution in [3.63, 3.8) is 0 Å². The Morgan fingerprint density at radius 2 is 2.00 bits per heavy atom. The van der Waals surface area contributed by atoms with Crippen molar-refractivity contribution in [2.75, 3.05) is 18.9 Å².